The molecule has 3 amide bonds. The lowest BCUT2D eigenvalue weighted by Gasteiger charge is -2.13. The van der Waals surface area contributed by atoms with Crippen molar-refractivity contribution in [3.05, 3.63) is 86.9 Å². The zero-order chi connectivity index (χ0) is 30.4. The number of anilines is 3. The van der Waals surface area contributed by atoms with E-state index in [-0.39, 0.29) is 16.1 Å². The van der Waals surface area contributed by atoms with Gasteiger partial charge in [0.15, 0.2) is 11.6 Å². The van der Waals surface area contributed by atoms with Gasteiger partial charge in [-0.3, -0.25) is 14.4 Å². The molecule has 1 unspecified atom stereocenters. The van der Waals surface area contributed by atoms with Crippen molar-refractivity contribution in [2.75, 3.05) is 16.0 Å². The lowest BCUT2D eigenvalue weighted by Crippen LogP contribution is -2.22. The lowest BCUT2D eigenvalue weighted by atomic mass is 10.1. The van der Waals surface area contributed by atoms with Crippen LogP contribution in [0.3, 0.4) is 0 Å². The first-order chi connectivity index (χ1) is 19.1. The highest BCUT2D eigenvalue weighted by Gasteiger charge is 2.67. The molecule has 1 saturated carbocycles. The van der Waals surface area contributed by atoms with Crippen molar-refractivity contribution in [3.63, 3.8) is 0 Å². The highest BCUT2D eigenvalue weighted by atomic mass is 35.5. The van der Waals surface area contributed by atoms with Gasteiger partial charge in [0.25, 0.3) is 11.8 Å². The summed E-state index contributed by atoms with van der Waals surface area (Å²) in [5.41, 5.74) is -2.76. The quantitative estimate of drug-likeness (QED) is 0.181. The number of hydrogen-bond acceptors (Lipinski definition) is 3. The molecule has 0 heterocycles. The molecule has 1 fully saturated rings. The van der Waals surface area contributed by atoms with Crippen LogP contribution in [-0.4, -0.2) is 28.5 Å². The lowest BCUT2D eigenvalue weighted by molar-refractivity contribution is -0.126. The molecular weight excluding hydrogens is 646 g/mol. The van der Waals surface area contributed by atoms with Crippen LogP contribution >= 0.6 is 46.4 Å². The molecule has 4 rings (SSSR count). The van der Waals surface area contributed by atoms with Gasteiger partial charge in [-0.2, -0.15) is 8.78 Å². The van der Waals surface area contributed by atoms with E-state index in [0.717, 1.165) is 0 Å². The van der Waals surface area contributed by atoms with Gasteiger partial charge in [-0.15, -0.1) is 23.2 Å². The van der Waals surface area contributed by atoms with Crippen molar-refractivity contribution in [3.8, 4) is 0 Å². The average Bonchev–Trinajstić information content (AvgIpc) is 3.47. The number of carbonyl (C=O) groups is 3. The predicted octanol–water partition coefficient (Wildman–Crippen LogP) is 7.53. The summed E-state index contributed by atoms with van der Waals surface area (Å²) >= 11 is 24.5. The molecule has 0 saturated heterocycles. The topological polar surface area (TPSA) is 87.3 Å². The van der Waals surface area contributed by atoms with Gasteiger partial charge in [0, 0.05) is 23.7 Å². The highest BCUT2D eigenvalue weighted by Crippen LogP contribution is 2.65. The molecule has 16 heteroatoms. The monoisotopic (exact) mass is 657 g/mol. The van der Waals surface area contributed by atoms with Gasteiger partial charge in [0.1, 0.15) is 16.0 Å². The largest absolute Gasteiger partial charge is 0.326 e. The molecule has 3 aromatic carbocycles. The molecule has 2 atom stereocenters. The molecule has 3 aromatic rings. The van der Waals surface area contributed by atoms with Gasteiger partial charge in [0.2, 0.25) is 5.91 Å². The molecule has 0 spiro atoms. The first-order valence-corrected chi connectivity index (χ1v) is 12.6. The van der Waals surface area contributed by atoms with Crippen LogP contribution in [0, 0.1) is 29.2 Å². The summed E-state index contributed by atoms with van der Waals surface area (Å²) in [7, 11) is 0. The molecular formula is C25H13Cl4F6N3O3. The van der Waals surface area contributed by atoms with Gasteiger partial charge < -0.3 is 16.0 Å². The fraction of sp³-hybridized carbons (Fsp3) is 0.160. The summed E-state index contributed by atoms with van der Waals surface area (Å²) in [5.74, 6) is -12.2. The highest BCUT2D eigenvalue weighted by molar-refractivity contribution is 6.53. The molecule has 0 bridgehead atoms. The predicted molar refractivity (Wildman–Crippen MR) is 141 cm³/mol. The Hall–Kier alpha value is -3.19. The zero-order valence-electron chi connectivity index (χ0n) is 19.8. The van der Waals surface area contributed by atoms with E-state index >= 15 is 0 Å². The van der Waals surface area contributed by atoms with Crippen molar-refractivity contribution < 1.29 is 40.7 Å². The van der Waals surface area contributed by atoms with Crippen molar-refractivity contribution in [1.82, 2.24) is 0 Å². The summed E-state index contributed by atoms with van der Waals surface area (Å²) in [6, 6.07) is 6.36. The van der Waals surface area contributed by atoms with Gasteiger partial charge in [-0.05, 0) is 29.8 Å². The Balaban J connectivity index is 1.55. The Kier molecular flexibility index (Phi) is 8.70. The van der Waals surface area contributed by atoms with E-state index in [1.807, 2.05) is 5.32 Å². The Bertz CT molecular complexity index is 1590. The van der Waals surface area contributed by atoms with E-state index in [9.17, 15) is 40.7 Å². The number of benzene rings is 3. The standard InChI is InChI=1S/C25H13Cl4F6N3O3/c26-11-2-1-8(3-12(11)27)18-19(25(18,28)29)23(40)36-9-4-10(20(33)15(32)5-9)22(39)37-16-7-17(14(31)6-13(16)30)38-24(41)21(34)35/h1-7,18-19,21H,(H,36,40)(H,37,39)(H,38,41)/t18?,19-/m1/s1. The van der Waals surface area contributed by atoms with Gasteiger partial charge in [-0.25, -0.2) is 17.6 Å². The fourth-order valence-corrected chi connectivity index (χ4v) is 5.07. The maximum Gasteiger partial charge on any atom is 0.315 e. The number of nitrogens with one attached hydrogen (secondary N) is 3. The Morgan fingerprint density at radius 3 is 2.02 bits per heavy atom. The molecule has 1 aliphatic rings. The zero-order valence-corrected chi connectivity index (χ0v) is 22.8. The van der Waals surface area contributed by atoms with Crippen LogP contribution in [-0.2, 0) is 9.59 Å². The SMILES string of the molecule is O=C(Nc1cc(NC(=O)C(F)F)c(F)cc1F)c1cc(NC(=O)[C@H]2C(c3ccc(Cl)c(Cl)c3)C2(Cl)Cl)cc(F)c1F. The van der Waals surface area contributed by atoms with Crippen LogP contribution in [0.2, 0.25) is 10.0 Å². The first kappa shape index (κ1) is 30.8. The van der Waals surface area contributed by atoms with E-state index in [1.54, 1.807) is 6.07 Å². The second-order valence-corrected chi connectivity index (χ2v) is 10.9. The molecule has 0 aliphatic heterocycles. The van der Waals surface area contributed by atoms with E-state index in [2.05, 4.69) is 5.32 Å². The van der Waals surface area contributed by atoms with Crippen molar-refractivity contribution in [2.24, 2.45) is 5.92 Å². The molecule has 3 N–H and O–H groups in total. The number of alkyl halides is 4. The van der Waals surface area contributed by atoms with Crippen LogP contribution in [0.1, 0.15) is 21.8 Å². The summed E-state index contributed by atoms with van der Waals surface area (Å²) in [6.45, 7) is 0. The molecule has 1 aliphatic carbocycles. The first-order valence-electron chi connectivity index (χ1n) is 11.1. The number of rotatable bonds is 7. The minimum Gasteiger partial charge on any atom is -0.326 e. The summed E-state index contributed by atoms with van der Waals surface area (Å²) in [5, 5.41) is 6.01. The van der Waals surface area contributed by atoms with E-state index in [0.29, 0.717) is 23.8 Å². The number of hydrogen-bond donors (Lipinski definition) is 3. The van der Waals surface area contributed by atoms with Crippen molar-refractivity contribution in [1.29, 1.82) is 0 Å². The molecule has 0 radical (unpaired) electrons. The smallest absolute Gasteiger partial charge is 0.315 e. The van der Waals surface area contributed by atoms with Crippen LogP contribution in [0.15, 0.2) is 42.5 Å². The maximum absolute atomic E-state index is 14.5. The van der Waals surface area contributed by atoms with Crippen molar-refractivity contribution >= 4 is 81.2 Å². The van der Waals surface area contributed by atoms with Crippen LogP contribution < -0.4 is 16.0 Å². The van der Waals surface area contributed by atoms with E-state index in [4.69, 9.17) is 46.4 Å². The minimum atomic E-state index is -3.54. The second-order valence-electron chi connectivity index (χ2n) is 8.67. The third-order valence-electron chi connectivity index (χ3n) is 5.94. The third kappa shape index (κ3) is 6.35. The Morgan fingerprint density at radius 1 is 0.780 bits per heavy atom. The number of halogens is 10. The van der Waals surface area contributed by atoms with Gasteiger partial charge >= 0.3 is 6.43 Å². The fourth-order valence-electron chi connectivity index (χ4n) is 3.94. The van der Waals surface area contributed by atoms with Gasteiger partial charge in [0.05, 0.1) is 32.9 Å². The Labute approximate surface area is 246 Å². The van der Waals surface area contributed by atoms with Crippen LogP contribution in [0.5, 0.6) is 0 Å². The van der Waals surface area contributed by atoms with Crippen molar-refractivity contribution in [2.45, 2.75) is 16.7 Å². The van der Waals surface area contributed by atoms with Crippen LogP contribution in [0.4, 0.5) is 43.4 Å². The number of amides is 3. The van der Waals surface area contributed by atoms with E-state index in [1.165, 1.54) is 17.4 Å². The molecule has 41 heavy (non-hydrogen) atoms. The Morgan fingerprint density at radius 2 is 1.41 bits per heavy atom. The second kappa shape index (κ2) is 11.6. The molecule has 6 nitrogen and oxygen atoms in total. The molecule has 216 valence electrons. The number of carbonyl (C=O) groups excluding carboxylic acids is 3. The normalized spacial score (nSPS) is 17.2. The maximum atomic E-state index is 14.5. The van der Waals surface area contributed by atoms with Gasteiger partial charge in [-0.1, -0.05) is 29.3 Å². The van der Waals surface area contributed by atoms with E-state index < -0.39 is 86.2 Å². The summed E-state index contributed by atoms with van der Waals surface area (Å²) < 4.78 is 80.4. The summed E-state index contributed by atoms with van der Waals surface area (Å²) in [4.78, 5) is 36.8. The third-order valence-corrected chi connectivity index (χ3v) is 7.62. The molecule has 0 aromatic heterocycles. The average molecular weight is 659 g/mol. The minimum absolute atomic E-state index is 0.161. The van der Waals surface area contributed by atoms with Crippen LogP contribution in [0.25, 0.3) is 0 Å². The summed E-state index contributed by atoms with van der Waals surface area (Å²) in [6.07, 6.45) is -3.54.